The maximum Gasteiger partial charge on any atom is 0.266 e. The van der Waals surface area contributed by atoms with Crippen LogP contribution >= 0.6 is 23.4 Å². The molecule has 27 heavy (non-hydrogen) atoms. The highest BCUT2D eigenvalue weighted by molar-refractivity contribution is 7.99. The molecular weight excluding hydrogens is 392 g/mol. The van der Waals surface area contributed by atoms with E-state index in [1.807, 2.05) is 32.0 Å². The van der Waals surface area contributed by atoms with Crippen molar-refractivity contribution in [3.8, 4) is 0 Å². The number of anilines is 3. The molecule has 146 valence electrons. The molecule has 0 radical (unpaired) electrons. The number of nitrogens with two attached hydrogens (primary N) is 1. The van der Waals surface area contributed by atoms with Gasteiger partial charge in [-0.15, -0.1) is 0 Å². The lowest BCUT2D eigenvalue weighted by Crippen LogP contribution is -2.27. The Bertz CT molecular complexity index is 818. The van der Waals surface area contributed by atoms with Gasteiger partial charge in [0.25, 0.3) is 5.92 Å². The van der Waals surface area contributed by atoms with Gasteiger partial charge in [0.1, 0.15) is 5.69 Å². The van der Waals surface area contributed by atoms with Gasteiger partial charge < -0.3 is 16.0 Å². The summed E-state index contributed by atoms with van der Waals surface area (Å²) in [7, 11) is 0. The number of benzene rings is 1. The van der Waals surface area contributed by atoms with Crippen LogP contribution in [-0.2, 0) is 6.54 Å². The predicted molar refractivity (Wildman–Crippen MR) is 108 cm³/mol. The lowest BCUT2D eigenvalue weighted by Gasteiger charge is -2.22. The number of nitrogens with one attached hydrogen (secondary N) is 1. The summed E-state index contributed by atoms with van der Waals surface area (Å²) in [4.78, 5) is 10.5. The van der Waals surface area contributed by atoms with Gasteiger partial charge in [0.05, 0.1) is 6.54 Å². The maximum atomic E-state index is 13.7. The second-order valence-electron chi connectivity index (χ2n) is 6.73. The lowest BCUT2D eigenvalue weighted by atomic mass is 10.2. The van der Waals surface area contributed by atoms with Gasteiger partial charge in [-0.3, -0.25) is 0 Å². The van der Waals surface area contributed by atoms with Gasteiger partial charge in [0, 0.05) is 29.8 Å². The molecule has 2 aromatic rings. The van der Waals surface area contributed by atoms with E-state index in [0.717, 1.165) is 5.56 Å². The highest BCUT2D eigenvalue weighted by Crippen LogP contribution is 2.37. The van der Waals surface area contributed by atoms with Gasteiger partial charge in [0.2, 0.25) is 0 Å². The first-order valence-corrected chi connectivity index (χ1v) is 9.95. The van der Waals surface area contributed by atoms with E-state index in [-0.39, 0.29) is 30.4 Å². The quantitative estimate of drug-likeness (QED) is 0.530. The van der Waals surface area contributed by atoms with Gasteiger partial charge in [0.15, 0.2) is 16.8 Å². The van der Waals surface area contributed by atoms with E-state index in [1.54, 1.807) is 6.07 Å². The Hall–Kier alpha value is -1.80. The third kappa shape index (κ3) is 4.93. The Morgan fingerprint density at radius 2 is 2.07 bits per heavy atom. The van der Waals surface area contributed by atoms with Crippen molar-refractivity contribution in [2.24, 2.45) is 0 Å². The van der Waals surface area contributed by atoms with Crippen molar-refractivity contribution in [2.45, 2.75) is 43.1 Å². The molecule has 0 saturated carbocycles. The maximum absolute atomic E-state index is 13.7. The normalized spacial score (nSPS) is 16.1. The summed E-state index contributed by atoms with van der Waals surface area (Å²) >= 11 is 7.66. The molecule has 0 unspecified atom stereocenters. The molecule has 2 heterocycles. The summed E-state index contributed by atoms with van der Waals surface area (Å²) in [5.41, 5.74) is 7.40. The molecule has 1 saturated heterocycles. The number of aromatic nitrogens is 2. The summed E-state index contributed by atoms with van der Waals surface area (Å²) in [6.07, 6.45) is -0.203. The Kier molecular flexibility index (Phi) is 5.95. The SMILES string of the molecule is CC(C)Sc1nc(NCc2ccccc2Cl)c(N)c(N2CCC(F)(F)C2)n1. The number of hydrogen-bond donors (Lipinski definition) is 2. The number of alkyl halides is 2. The van der Waals surface area contributed by atoms with Gasteiger partial charge >= 0.3 is 0 Å². The first kappa shape index (κ1) is 19.9. The minimum absolute atomic E-state index is 0.203. The summed E-state index contributed by atoms with van der Waals surface area (Å²) in [6, 6.07) is 7.45. The fourth-order valence-corrected chi connectivity index (χ4v) is 3.72. The van der Waals surface area contributed by atoms with Crippen molar-refractivity contribution in [3.05, 3.63) is 34.9 Å². The number of halogens is 3. The summed E-state index contributed by atoms with van der Waals surface area (Å²) in [5, 5.41) is 4.57. The molecule has 1 fully saturated rings. The topological polar surface area (TPSA) is 67.1 Å². The minimum atomic E-state index is -2.73. The van der Waals surface area contributed by atoms with Crippen LogP contribution in [0.1, 0.15) is 25.8 Å². The van der Waals surface area contributed by atoms with Gasteiger partial charge in [-0.1, -0.05) is 55.4 Å². The van der Waals surface area contributed by atoms with Gasteiger partial charge in [-0.2, -0.15) is 0 Å². The van der Waals surface area contributed by atoms with Crippen molar-refractivity contribution in [2.75, 3.05) is 29.0 Å². The van der Waals surface area contributed by atoms with Crippen molar-refractivity contribution >= 4 is 40.7 Å². The number of thioether (sulfide) groups is 1. The Morgan fingerprint density at radius 1 is 1.33 bits per heavy atom. The molecule has 0 spiro atoms. The second-order valence-corrected chi connectivity index (χ2v) is 8.68. The van der Waals surface area contributed by atoms with E-state index < -0.39 is 5.92 Å². The highest BCUT2D eigenvalue weighted by Gasteiger charge is 2.39. The number of hydrogen-bond acceptors (Lipinski definition) is 6. The van der Waals surface area contributed by atoms with Crippen molar-refractivity contribution < 1.29 is 8.78 Å². The standard InChI is InChI=1S/C18H22ClF2N5S/c1-11(2)27-17-24-15(23-9-12-5-3-4-6-13(12)19)14(22)16(25-17)26-8-7-18(20,21)10-26/h3-6,11H,7-10,22H2,1-2H3,(H,23,24,25). The Balaban J connectivity index is 1.89. The fourth-order valence-electron chi connectivity index (χ4n) is 2.81. The van der Waals surface area contributed by atoms with Crippen LogP contribution in [-0.4, -0.2) is 34.2 Å². The lowest BCUT2D eigenvalue weighted by molar-refractivity contribution is 0.0257. The molecule has 0 aliphatic carbocycles. The Labute approximate surface area is 166 Å². The number of nitrogen functional groups attached to an aromatic ring is 1. The molecule has 0 amide bonds. The average Bonchev–Trinajstić information content (AvgIpc) is 2.95. The van der Waals surface area contributed by atoms with Crippen LogP contribution in [0.2, 0.25) is 5.02 Å². The van der Waals surface area contributed by atoms with E-state index >= 15 is 0 Å². The van der Waals surface area contributed by atoms with Crippen molar-refractivity contribution in [1.82, 2.24) is 9.97 Å². The third-order valence-corrected chi connectivity index (χ3v) is 5.35. The molecule has 1 aliphatic rings. The average molecular weight is 414 g/mol. The van der Waals surface area contributed by atoms with E-state index in [9.17, 15) is 8.78 Å². The molecule has 3 rings (SSSR count). The van der Waals surface area contributed by atoms with Crippen LogP contribution in [0.4, 0.5) is 26.1 Å². The zero-order valence-electron chi connectivity index (χ0n) is 15.2. The van der Waals surface area contributed by atoms with Gasteiger partial charge in [-0.25, -0.2) is 18.7 Å². The van der Waals surface area contributed by atoms with Crippen LogP contribution in [0.3, 0.4) is 0 Å². The molecule has 0 atom stereocenters. The molecule has 3 N–H and O–H groups in total. The van der Waals surface area contributed by atoms with E-state index in [0.29, 0.717) is 28.4 Å². The molecule has 1 aromatic carbocycles. The predicted octanol–water partition coefficient (Wildman–Crippen LogP) is 4.67. The molecule has 9 heteroatoms. The molecule has 0 bridgehead atoms. The summed E-state index contributed by atoms with van der Waals surface area (Å²) < 4.78 is 27.4. The number of rotatable bonds is 6. The smallest absolute Gasteiger partial charge is 0.266 e. The largest absolute Gasteiger partial charge is 0.393 e. The van der Waals surface area contributed by atoms with Crippen LogP contribution in [0.15, 0.2) is 29.4 Å². The van der Waals surface area contributed by atoms with Crippen LogP contribution in [0.25, 0.3) is 0 Å². The molecule has 1 aromatic heterocycles. The second kappa shape index (κ2) is 8.06. The first-order chi connectivity index (χ1) is 12.7. The fraction of sp³-hybridized carbons (Fsp3) is 0.444. The van der Waals surface area contributed by atoms with Crippen molar-refractivity contribution in [1.29, 1.82) is 0 Å². The first-order valence-electron chi connectivity index (χ1n) is 8.69. The third-order valence-electron chi connectivity index (χ3n) is 4.12. The highest BCUT2D eigenvalue weighted by atomic mass is 35.5. The van der Waals surface area contributed by atoms with Crippen LogP contribution in [0.5, 0.6) is 0 Å². The molecule has 5 nitrogen and oxygen atoms in total. The monoisotopic (exact) mass is 413 g/mol. The minimum Gasteiger partial charge on any atom is -0.393 e. The summed E-state index contributed by atoms with van der Waals surface area (Å²) in [6.45, 7) is 4.28. The number of nitrogens with zero attached hydrogens (tertiary/aromatic N) is 3. The zero-order chi connectivity index (χ0) is 19.6. The molecule has 1 aliphatic heterocycles. The molecular formula is C18H22ClF2N5S. The zero-order valence-corrected chi connectivity index (χ0v) is 16.7. The Morgan fingerprint density at radius 3 is 2.70 bits per heavy atom. The van der Waals surface area contributed by atoms with E-state index in [2.05, 4.69) is 15.3 Å². The van der Waals surface area contributed by atoms with E-state index in [1.165, 1.54) is 16.7 Å². The van der Waals surface area contributed by atoms with Gasteiger partial charge in [-0.05, 0) is 11.6 Å². The summed E-state index contributed by atoms with van der Waals surface area (Å²) in [5.74, 6) is -1.95. The van der Waals surface area contributed by atoms with Crippen LogP contribution < -0.4 is 16.0 Å². The van der Waals surface area contributed by atoms with Crippen LogP contribution in [0, 0.1) is 0 Å². The van der Waals surface area contributed by atoms with Crippen molar-refractivity contribution in [3.63, 3.8) is 0 Å². The van der Waals surface area contributed by atoms with E-state index in [4.69, 9.17) is 17.3 Å².